The van der Waals surface area contributed by atoms with Crippen molar-refractivity contribution in [1.29, 1.82) is 0 Å². The molecule has 2 saturated heterocycles. The number of hydrogen-bond donors (Lipinski definition) is 7. The number of fused-ring (bicyclic) bond motifs is 1. The van der Waals surface area contributed by atoms with E-state index in [2.05, 4.69) is 21.3 Å². The molecule has 89 heavy (non-hydrogen) atoms. The molecule has 14 atom stereocenters. The summed E-state index contributed by atoms with van der Waals surface area (Å²) in [6.07, 6.45) is -0.402. The number of aliphatic hydroxyl groups excluding tert-OH is 2. The van der Waals surface area contributed by atoms with Crippen LogP contribution in [0.2, 0.25) is 0 Å². The smallest absolute Gasteiger partial charge is 0.404 e. The van der Waals surface area contributed by atoms with Gasteiger partial charge in [-0.15, -0.1) is 0 Å². The Morgan fingerprint density at radius 3 is 1.49 bits per heavy atom. The zero-order chi connectivity index (χ0) is 68.5. The second kappa shape index (κ2) is 34.9. The largest absolute Gasteiger partial charge is 0.444 e. The maximum Gasteiger partial charge on any atom is 0.404 e. The molecule has 506 valence electrons. The summed E-state index contributed by atoms with van der Waals surface area (Å²) in [5.74, 6) is -11.3. The van der Waals surface area contributed by atoms with Crippen molar-refractivity contribution < 1.29 is 72.5 Å². The average Bonchev–Trinajstić information content (AvgIpc) is 1.98. The van der Waals surface area contributed by atoms with Crippen LogP contribution in [-0.2, 0) is 57.5 Å². The maximum atomic E-state index is 15.2. The molecule has 8 N–H and O–H groups in total. The second-order valence-electron chi connectivity index (χ2n) is 26.2. The summed E-state index contributed by atoms with van der Waals surface area (Å²) in [6, 6.07) is -15.2. The summed E-state index contributed by atoms with van der Waals surface area (Å²) in [7, 11) is 8.08. The van der Waals surface area contributed by atoms with Crippen LogP contribution in [0.5, 0.6) is 0 Å². The Balaban J connectivity index is 3.05. The molecule has 1 unspecified atom stereocenters. The first kappa shape index (κ1) is 78.2. The lowest BCUT2D eigenvalue weighted by molar-refractivity contribution is -0.157. The van der Waals surface area contributed by atoms with E-state index in [-0.39, 0.29) is 56.3 Å². The van der Waals surface area contributed by atoms with Crippen molar-refractivity contribution in [3.8, 4) is 0 Å². The third-order valence-electron chi connectivity index (χ3n) is 16.9. The predicted molar refractivity (Wildman–Crippen MR) is 333 cm³/mol. The van der Waals surface area contributed by atoms with Crippen LogP contribution in [0.1, 0.15) is 142 Å². The lowest BCUT2D eigenvalue weighted by Gasteiger charge is -2.41. The van der Waals surface area contributed by atoms with E-state index >= 15 is 14.4 Å². The third kappa shape index (κ3) is 20.6. The molecule has 0 aromatic rings. The molecule has 27 heteroatoms. The molecule has 2 fully saturated rings. The number of nitrogens with zero attached hydrogens (tertiary/aromatic N) is 7. The van der Waals surface area contributed by atoms with E-state index in [9.17, 15) is 53.4 Å². The van der Waals surface area contributed by atoms with Gasteiger partial charge in [-0.1, -0.05) is 95.2 Å². The molecule has 0 radical (unpaired) electrons. The Hall–Kier alpha value is -6.90. The molecule has 2 aliphatic rings. The van der Waals surface area contributed by atoms with Gasteiger partial charge in [0.15, 0.2) is 0 Å². The van der Waals surface area contributed by atoms with Gasteiger partial charge >= 0.3 is 6.09 Å². The van der Waals surface area contributed by atoms with Gasteiger partial charge in [0.05, 0.1) is 19.3 Å². The molecular formula is C62H108N12O15. The average molecular weight is 1260 g/mol. The number of hydrogen-bond acceptors (Lipinski definition) is 15. The first-order valence-electron chi connectivity index (χ1n) is 31.2. The lowest BCUT2D eigenvalue weighted by Crippen LogP contribution is -2.64. The summed E-state index contributed by atoms with van der Waals surface area (Å²) in [5.41, 5.74) is 5.42. The molecule has 0 aliphatic carbocycles. The molecule has 0 bridgehead atoms. The number of rotatable bonds is 15. The number of carbonyl (C=O) groups excluding carboxylic acids is 12. The van der Waals surface area contributed by atoms with Crippen LogP contribution in [0, 0.1) is 35.5 Å². The number of carbonyl (C=O) groups is 12. The Bertz CT molecular complexity index is 2530. The fourth-order valence-electron chi connectivity index (χ4n) is 11.5. The van der Waals surface area contributed by atoms with Crippen molar-refractivity contribution >= 4 is 71.1 Å². The molecule has 0 aromatic heterocycles. The van der Waals surface area contributed by atoms with Crippen LogP contribution >= 0.6 is 0 Å². The summed E-state index contributed by atoms with van der Waals surface area (Å²) in [6.45, 7) is 24.0. The zero-order valence-corrected chi connectivity index (χ0v) is 56.7. The fraction of sp³-hybridized carbons (Fsp3) is 0.774. The highest BCUT2D eigenvalue weighted by Gasteiger charge is 2.49. The molecule has 12 amide bonds. The standard InChI is InChI=1S/C62H108N12O15/c1-22-24-25-37(13)50(76)49-54(80)66-41(23-2)56(82)74-30-40(89-62(63)88)29-45(74)59(85)71(19)46(31-75)53(79)67-47(35(9)10)60(86)68(16)42(26-32(3)4)52(78)64-38(14)51(77)65-39(15)55(81)69(17)43(27-33(5)6)57(83)70(18)44(28-34(7)8)58(84)72(20)48(36(11)12)61(87)73(49)21/h22,24,32-50,75-76H,23,25-31H2,1-21H3,(H2,63,88)(H,64,78)(H,65,77)(H,66,80)(H,67,79)/b24-22+/t37-,38+,39-,40?,41+,42+,43+,44+,45-,46+,47+,48+,49+,50-/m1/s1. The van der Waals surface area contributed by atoms with Crippen LogP contribution < -0.4 is 27.0 Å². The van der Waals surface area contributed by atoms with E-state index in [0.29, 0.717) is 0 Å². The molecule has 2 rings (SSSR count). The minimum absolute atomic E-state index is 0.0860. The van der Waals surface area contributed by atoms with Gasteiger partial charge in [0.2, 0.25) is 65.0 Å². The van der Waals surface area contributed by atoms with Gasteiger partial charge < -0.3 is 76.3 Å². The number of nitrogens with one attached hydrogen (secondary N) is 4. The fourth-order valence-corrected chi connectivity index (χ4v) is 11.5. The van der Waals surface area contributed by atoms with Gasteiger partial charge in [-0.3, -0.25) is 52.7 Å². The van der Waals surface area contributed by atoms with Gasteiger partial charge in [0.25, 0.3) is 0 Å². The number of likely N-dealkylation sites (N-methyl/N-ethyl adjacent to an activating group) is 6. The Labute approximate surface area is 527 Å². The van der Waals surface area contributed by atoms with E-state index in [0.717, 1.165) is 19.6 Å². The third-order valence-corrected chi connectivity index (χ3v) is 16.9. The van der Waals surface area contributed by atoms with Crippen molar-refractivity contribution in [2.75, 3.05) is 55.4 Å². The van der Waals surface area contributed by atoms with Crippen LogP contribution in [0.3, 0.4) is 0 Å². The highest BCUT2D eigenvalue weighted by Crippen LogP contribution is 2.28. The lowest BCUT2D eigenvalue weighted by atomic mass is 9.91. The van der Waals surface area contributed by atoms with E-state index < -0.39 is 181 Å². The number of allylic oxidation sites excluding steroid dienone is 2. The van der Waals surface area contributed by atoms with E-state index in [1.165, 1.54) is 70.8 Å². The molecule has 0 spiro atoms. The van der Waals surface area contributed by atoms with Crippen molar-refractivity contribution in [2.45, 2.75) is 221 Å². The summed E-state index contributed by atoms with van der Waals surface area (Å²) in [4.78, 5) is 181. The van der Waals surface area contributed by atoms with Crippen molar-refractivity contribution in [3.63, 3.8) is 0 Å². The van der Waals surface area contributed by atoms with Gasteiger partial charge in [-0.05, 0) is 88.4 Å². The summed E-state index contributed by atoms with van der Waals surface area (Å²) >= 11 is 0. The van der Waals surface area contributed by atoms with Crippen LogP contribution in [-0.4, -0.2) is 250 Å². The van der Waals surface area contributed by atoms with Gasteiger partial charge in [-0.25, -0.2) is 4.79 Å². The number of nitrogens with two attached hydrogens (primary N) is 1. The molecule has 27 nitrogen and oxygen atoms in total. The monoisotopic (exact) mass is 1260 g/mol. The Kier molecular flexibility index (Phi) is 30.7. The molecule has 0 saturated carbocycles. The van der Waals surface area contributed by atoms with Crippen molar-refractivity contribution in [1.82, 2.24) is 55.6 Å². The van der Waals surface area contributed by atoms with Crippen molar-refractivity contribution in [3.05, 3.63) is 12.2 Å². The Morgan fingerprint density at radius 2 is 1.02 bits per heavy atom. The van der Waals surface area contributed by atoms with Crippen LogP contribution in [0.4, 0.5) is 4.79 Å². The zero-order valence-electron chi connectivity index (χ0n) is 56.7. The molecule has 2 heterocycles. The normalized spacial score (nSPS) is 28.4. The SMILES string of the molecule is C/C=C/C[C@@H](C)[C@@H](O)[C@H]1C(=O)N[C@@H](CC)C(=O)N2CC(OC(N)=O)C[C@@H]2C(=O)N(C)[C@@H](CO)C(=O)N[C@@H](C(C)C)C(=O)N(C)[C@@H](CC(C)C)C(=O)N[C@@H](C)C(=O)N[C@H](C)C(=O)N(C)[C@@H](CC(C)C)C(=O)N(C)[C@@H](CC(C)C)C(=O)N(C)[C@@H](C(C)C)C(=O)N1C. The van der Waals surface area contributed by atoms with Gasteiger partial charge in [0, 0.05) is 48.7 Å². The number of amides is 12. The van der Waals surface area contributed by atoms with Crippen molar-refractivity contribution in [2.24, 2.45) is 41.2 Å². The molecule has 0 aromatic carbocycles. The first-order valence-corrected chi connectivity index (χ1v) is 31.2. The van der Waals surface area contributed by atoms with E-state index in [1.807, 2.05) is 41.5 Å². The first-order chi connectivity index (χ1) is 41.2. The highest BCUT2D eigenvalue weighted by atomic mass is 16.6. The predicted octanol–water partition coefficient (Wildman–Crippen LogP) is 0.822. The molecular weight excluding hydrogens is 1150 g/mol. The topological polar surface area (TPSA) is 351 Å². The quantitative estimate of drug-likeness (QED) is 0.112. The summed E-state index contributed by atoms with van der Waals surface area (Å²) in [5, 5.41) is 33.6. The van der Waals surface area contributed by atoms with Crippen LogP contribution in [0.15, 0.2) is 12.2 Å². The number of aliphatic hydroxyl groups is 2. The second-order valence-corrected chi connectivity index (χ2v) is 26.2. The number of ether oxygens (including phenoxy) is 1. The van der Waals surface area contributed by atoms with Crippen LogP contribution in [0.25, 0.3) is 0 Å². The number of primary amides is 1. The Morgan fingerprint density at radius 1 is 0.562 bits per heavy atom. The minimum atomic E-state index is -1.72. The van der Waals surface area contributed by atoms with Gasteiger partial charge in [0.1, 0.15) is 72.6 Å². The summed E-state index contributed by atoms with van der Waals surface area (Å²) < 4.78 is 5.30. The minimum Gasteiger partial charge on any atom is -0.444 e. The maximum absolute atomic E-state index is 15.2. The van der Waals surface area contributed by atoms with E-state index in [1.54, 1.807) is 60.6 Å². The highest BCUT2D eigenvalue weighted by molar-refractivity contribution is 6.00. The van der Waals surface area contributed by atoms with Gasteiger partial charge in [-0.2, -0.15) is 0 Å². The van der Waals surface area contributed by atoms with E-state index in [4.69, 9.17) is 10.5 Å². The molecule has 2 aliphatic heterocycles.